The fraction of sp³-hybridized carbons (Fsp3) is 0.750. The summed E-state index contributed by atoms with van der Waals surface area (Å²) in [7, 11) is 3.09. The van der Waals surface area contributed by atoms with Gasteiger partial charge in [0.2, 0.25) is 11.8 Å². The lowest BCUT2D eigenvalue weighted by atomic mass is 9.76. The highest BCUT2D eigenvalue weighted by molar-refractivity contribution is 5.94. The van der Waals surface area contributed by atoms with Gasteiger partial charge in [-0.3, -0.25) is 9.59 Å². The Kier molecular flexibility index (Phi) is 5.89. The van der Waals surface area contributed by atoms with Crippen molar-refractivity contribution in [1.82, 2.24) is 10.2 Å². The van der Waals surface area contributed by atoms with Gasteiger partial charge in [0.05, 0.1) is 19.1 Å². The van der Waals surface area contributed by atoms with Crippen molar-refractivity contribution in [3.63, 3.8) is 0 Å². The van der Waals surface area contributed by atoms with Crippen LogP contribution >= 0.6 is 0 Å². The molecule has 7 heteroatoms. The maximum absolute atomic E-state index is 13.1. The number of aliphatic hydroxyl groups is 1. The Hall–Kier alpha value is -1.89. The van der Waals surface area contributed by atoms with Crippen molar-refractivity contribution in [2.45, 2.75) is 56.6 Å². The van der Waals surface area contributed by atoms with Crippen molar-refractivity contribution in [1.29, 1.82) is 0 Å². The molecule has 0 aromatic carbocycles. The van der Waals surface area contributed by atoms with Crippen molar-refractivity contribution >= 4 is 17.8 Å². The summed E-state index contributed by atoms with van der Waals surface area (Å²) in [5.74, 6) is -1.99. The number of rotatable bonds is 1. The third-order valence-electron chi connectivity index (χ3n) is 6.25. The zero-order valence-electron chi connectivity index (χ0n) is 16.1. The van der Waals surface area contributed by atoms with E-state index in [9.17, 15) is 19.5 Å². The van der Waals surface area contributed by atoms with Gasteiger partial charge in [0.15, 0.2) is 0 Å². The molecule has 0 saturated heterocycles. The maximum Gasteiger partial charge on any atom is 0.332 e. The fourth-order valence-corrected chi connectivity index (χ4v) is 4.44. The Balaban J connectivity index is 1.87. The van der Waals surface area contributed by atoms with E-state index >= 15 is 0 Å². The fourth-order valence-electron chi connectivity index (χ4n) is 4.44. The molecule has 1 heterocycles. The third kappa shape index (κ3) is 4.03. The van der Waals surface area contributed by atoms with Crippen LogP contribution in [0, 0.1) is 17.8 Å². The van der Waals surface area contributed by atoms with E-state index in [2.05, 4.69) is 5.32 Å². The van der Waals surface area contributed by atoms with Crippen LogP contribution in [0.15, 0.2) is 12.2 Å². The lowest BCUT2D eigenvalue weighted by molar-refractivity contribution is -0.150. The predicted molar refractivity (Wildman–Crippen MR) is 98.5 cm³/mol. The number of carbonyl (C=O) groups excluding carboxylic acids is 3. The van der Waals surface area contributed by atoms with Gasteiger partial charge in [0.25, 0.3) is 0 Å². The lowest BCUT2D eigenvalue weighted by Gasteiger charge is -2.35. The molecule has 27 heavy (non-hydrogen) atoms. The molecule has 0 spiro atoms. The second-order valence-corrected chi connectivity index (χ2v) is 8.13. The van der Waals surface area contributed by atoms with Crippen LogP contribution < -0.4 is 5.32 Å². The summed E-state index contributed by atoms with van der Waals surface area (Å²) in [6.45, 7) is 0.662. The first-order valence-corrected chi connectivity index (χ1v) is 9.89. The van der Waals surface area contributed by atoms with Crippen molar-refractivity contribution in [3.8, 4) is 0 Å². The first-order valence-electron chi connectivity index (χ1n) is 9.89. The second-order valence-electron chi connectivity index (χ2n) is 8.13. The van der Waals surface area contributed by atoms with E-state index < -0.39 is 29.4 Å². The van der Waals surface area contributed by atoms with E-state index in [-0.39, 0.29) is 24.2 Å². The molecule has 0 aromatic rings. The second kappa shape index (κ2) is 8.00. The topological polar surface area (TPSA) is 95.9 Å². The Bertz CT molecular complexity index is 634. The van der Waals surface area contributed by atoms with Gasteiger partial charge >= 0.3 is 5.97 Å². The van der Waals surface area contributed by atoms with Gasteiger partial charge < -0.3 is 20.1 Å². The number of amides is 2. The Labute approximate surface area is 160 Å². The monoisotopic (exact) mass is 378 g/mol. The number of carbonyl (C=O) groups is 3. The minimum Gasteiger partial charge on any atom is -0.467 e. The SMILES string of the molecule is COC(=O)[C@@]12C[C@H]1/C=C\CCCCN(C)C(=O)[C@@H]1CC[C@@H](O)C[C@H]1C(=O)N2. The molecule has 3 rings (SSSR count). The Morgan fingerprint density at radius 2 is 2.07 bits per heavy atom. The predicted octanol–water partition coefficient (Wildman–Crippen LogP) is 1.01. The summed E-state index contributed by atoms with van der Waals surface area (Å²) in [4.78, 5) is 40.0. The number of methoxy groups -OCH3 is 1. The highest BCUT2D eigenvalue weighted by atomic mass is 16.5. The number of allylic oxidation sites excluding steroid dienone is 1. The lowest BCUT2D eigenvalue weighted by Crippen LogP contribution is -2.52. The largest absolute Gasteiger partial charge is 0.467 e. The van der Waals surface area contributed by atoms with Gasteiger partial charge in [-0.2, -0.15) is 0 Å². The first kappa shape index (κ1) is 19.9. The van der Waals surface area contributed by atoms with Gasteiger partial charge in [-0.25, -0.2) is 4.79 Å². The molecule has 2 amide bonds. The highest BCUT2D eigenvalue weighted by Gasteiger charge is 2.61. The molecule has 3 aliphatic rings. The van der Waals surface area contributed by atoms with Crippen LogP contribution in [0.5, 0.6) is 0 Å². The molecule has 7 nitrogen and oxygen atoms in total. The van der Waals surface area contributed by atoms with Crippen LogP contribution in [0.25, 0.3) is 0 Å². The van der Waals surface area contributed by atoms with Crippen LogP contribution in [0.3, 0.4) is 0 Å². The summed E-state index contributed by atoms with van der Waals surface area (Å²) in [5, 5.41) is 13.0. The highest BCUT2D eigenvalue weighted by Crippen LogP contribution is 2.46. The summed E-state index contributed by atoms with van der Waals surface area (Å²) in [6.07, 6.45) is 7.92. The smallest absolute Gasteiger partial charge is 0.332 e. The zero-order chi connectivity index (χ0) is 19.6. The Morgan fingerprint density at radius 1 is 1.30 bits per heavy atom. The molecule has 2 fully saturated rings. The molecular formula is C20H30N2O5. The average molecular weight is 378 g/mol. The zero-order valence-corrected chi connectivity index (χ0v) is 16.1. The third-order valence-corrected chi connectivity index (χ3v) is 6.25. The quantitative estimate of drug-likeness (QED) is 0.524. The molecule has 2 saturated carbocycles. The number of fused-ring (bicyclic) bond motifs is 2. The molecule has 1 aliphatic heterocycles. The van der Waals surface area contributed by atoms with Crippen molar-refractivity contribution in [3.05, 3.63) is 12.2 Å². The average Bonchev–Trinajstić information content (AvgIpc) is 3.35. The molecular weight excluding hydrogens is 348 g/mol. The summed E-state index contributed by atoms with van der Waals surface area (Å²) < 4.78 is 4.94. The molecule has 150 valence electrons. The molecule has 0 aromatic heterocycles. The van der Waals surface area contributed by atoms with Gasteiger partial charge in [-0.1, -0.05) is 12.2 Å². The molecule has 2 N–H and O–H groups in total. The van der Waals surface area contributed by atoms with Gasteiger partial charge in [-0.15, -0.1) is 0 Å². The molecule has 2 aliphatic carbocycles. The standard InChI is InChI=1S/C20H30N2O5/c1-22-10-6-4-3-5-7-13-12-20(13,19(26)27-2)21-17(24)16-11-14(23)8-9-15(16)18(22)25/h5,7,13-16,23H,3-4,6,8-12H2,1-2H3,(H,21,24)/b7-5-/t13-,14-,15-,16-,20-/m1/s1. The van der Waals surface area contributed by atoms with Gasteiger partial charge in [-0.05, 0) is 44.9 Å². The number of ether oxygens (including phenoxy) is 1. The number of hydrogen-bond acceptors (Lipinski definition) is 5. The Morgan fingerprint density at radius 3 is 2.81 bits per heavy atom. The number of esters is 1. The molecule has 0 unspecified atom stereocenters. The van der Waals surface area contributed by atoms with E-state index in [1.165, 1.54) is 7.11 Å². The summed E-state index contributed by atoms with van der Waals surface area (Å²) >= 11 is 0. The number of aliphatic hydroxyl groups excluding tert-OH is 1. The van der Waals surface area contributed by atoms with E-state index in [1.54, 1.807) is 11.9 Å². The number of nitrogens with one attached hydrogen (secondary N) is 1. The molecule has 0 bridgehead atoms. The molecule has 5 atom stereocenters. The molecule has 0 radical (unpaired) electrons. The van der Waals surface area contributed by atoms with Gasteiger partial charge in [0, 0.05) is 25.4 Å². The van der Waals surface area contributed by atoms with Crippen LogP contribution in [0.2, 0.25) is 0 Å². The van der Waals surface area contributed by atoms with E-state index in [4.69, 9.17) is 4.74 Å². The maximum atomic E-state index is 13.1. The van der Waals surface area contributed by atoms with E-state index in [0.29, 0.717) is 25.8 Å². The van der Waals surface area contributed by atoms with Crippen LogP contribution in [-0.4, -0.2) is 60.1 Å². The summed E-state index contributed by atoms with van der Waals surface area (Å²) in [6, 6.07) is 0. The number of hydrogen-bond donors (Lipinski definition) is 2. The minimum absolute atomic E-state index is 0.0471. The van der Waals surface area contributed by atoms with Crippen molar-refractivity contribution in [2.24, 2.45) is 17.8 Å². The first-order chi connectivity index (χ1) is 12.9. The van der Waals surface area contributed by atoms with Gasteiger partial charge in [0.1, 0.15) is 5.54 Å². The normalized spacial score (nSPS) is 38.7. The minimum atomic E-state index is -1.03. The van der Waals surface area contributed by atoms with Crippen molar-refractivity contribution < 1.29 is 24.2 Å². The van der Waals surface area contributed by atoms with Crippen LogP contribution in [-0.2, 0) is 19.1 Å². The van der Waals surface area contributed by atoms with E-state index in [1.807, 2.05) is 12.2 Å². The van der Waals surface area contributed by atoms with Crippen molar-refractivity contribution in [2.75, 3.05) is 20.7 Å². The van der Waals surface area contributed by atoms with E-state index in [0.717, 1.165) is 19.3 Å². The van der Waals surface area contributed by atoms with Crippen LogP contribution in [0.1, 0.15) is 44.9 Å². The number of nitrogens with zero attached hydrogens (tertiary/aromatic N) is 1. The van der Waals surface area contributed by atoms with Crippen LogP contribution in [0.4, 0.5) is 0 Å². The summed E-state index contributed by atoms with van der Waals surface area (Å²) in [5.41, 5.74) is -1.03.